The summed E-state index contributed by atoms with van der Waals surface area (Å²) < 4.78 is 3.02. The van der Waals surface area contributed by atoms with E-state index in [0.717, 1.165) is 20.9 Å². The fraction of sp³-hybridized carbons (Fsp3) is 0. The van der Waals surface area contributed by atoms with Crippen LogP contribution in [0.5, 0.6) is 5.75 Å². The molecule has 1 N–H and O–H groups in total. The summed E-state index contributed by atoms with van der Waals surface area (Å²) in [6, 6.07) is 13.6. The van der Waals surface area contributed by atoms with Gasteiger partial charge in [-0.15, -0.1) is 0 Å². The Morgan fingerprint density at radius 2 is 1.94 bits per heavy atom. The molecule has 0 spiro atoms. The van der Waals surface area contributed by atoms with Gasteiger partial charge < -0.3 is 5.11 Å². The number of aromatic nitrogens is 1. The van der Waals surface area contributed by atoms with Gasteiger partial charge in [-0.1, -0.05) is 15.9 Å². The second kappa shape index (κ2) is 3.46. The summed E-state index contributed by atoms with van der Waals surface area (Å²) in [5.74, 6) is 0.308. The van der Waals surface area contributed by atoms with Crippen molar-refractivity contribution in [2.45, 2.75) is 0 Å². The molecule has 1 aromatic carbocycles. The molecule has 0 aliphatic rings. The van der Waals surface area contributed by atoms with Crippen LogP contribution >= 0.6 is 15.9 Å². The molecule has 0 saturated carbocycles. The van der Waals surface area contributed by atoms with Gasteiger partial charge in [0.2, 0.25) is 11.0 Å². The van der Waals surface area contributed by atoms with E-state index in [1.54, 1.807) is 6.07 Å². The molecule has 0 fully saturated rings. The molecule has 2 nitrogen and oxygen atoms in total. The van der Waals surface area contributed by atoms with Crippen LogP contribution in [0.25, 0.3) is 16.4 Å². The standard InChI is InChI=1S/C13H8BrNO/c14-9-4-5-12-11(7-9)13(16)8-10-3-1-2-6-15(10)12/h1-8H/p+1. The smallest absolute Gasteiger partial charge is 0.222 e. The van der Waals surface area contributed by atoms with E-state index in [1.807, 2.05) is 42.6 Å². The molecule has 0 aliphatic carbocycles. The minimum Gasteiger partial charge on any atom is -0.507 e. The highest BCUT2D eigenvalue weighted by Gasteiger charge is 2.12. The van der Waals surface area contributed by atoms with E-state index >= 15 is 0 Å². The van der Waals surface area contributed by atoms with Crippen molar-refractivity contribution in [2.24, 2.45) is 0 Å². The summed E-state index contributed by atoms with van der Waals surface area (Å²) in [5.41, 5.74) is 1.98. The van der Waals surface area contributed by atoms with E-state index in [9.17, 15) is 5.11 Å². The van der Waals surface area contributed by atoms with Gasteiger partial charge in [0.15, 0.2) is 6.20 Å². The molecule has 2 aromatic heterocycles. The fourth-order valence-corrected chi connectivity index (χ4v) is 2.30. The summed E-state index contributed by atoms with van der Waals surface area (Å²) in [6.07, 6.45) is 1.99. The van der Waals surface area contributed by atoms with Crippen LogP contribution in [0.1, 0.15) is 0 Å². The minimum atomic E-state index is 0.308. The van der Waals surface area contributed by atoms with Crippen molar-refractivity contribution < 1.29 is 9.51 Å². The first-order chi connectivity index (χ1) is 7.75. The number of hydrogen-bond donors (Lipinski definition) is 1. The van der Waals surface area contributed by atoms with Gasteiger partial charge in [-0.2, -0.15) is 4.40 Å². The number of benzene rings is 1. The third-order valence-electron chi connectivity index (χ3n) is 2.67. The molecule has 0 unspecified atom stereocenters. The topological polar surface area (TPSA) is 24.3 Å². The molecule has 0 aliphatic heterocycles. The Hall–Kier alpha value is -1.61. The molecule has 0 radical (unpaired) electrons. The fourth-order valence-electron chi connectivity index (χ4n) is 1.93. The van der Waals surface area contributed by atoms with Gasteiger partial charge in [0.25, 0.3) is 0 Å². The second-order valence-corrected chi connectivity index (χ2v) is 4.60. The average molecular weight is 275 g/mol. The molecule has 3 aromatic rings. The van der Waals surface area contributed by atoms with E-state index in [1.165, 1.54) is 0 Å². The highest BCUT2D eigenvalue weighted by molar-refractivity contribution is 9.10. The second-order valence-electron chi connectivity index (χ2n) is 3.69. The Balaban J connectivity index is 2.59. The van der Waals surface area contributed by atoms with E-state index in [0.29, 0.717) is 5.75 Å². The maximum absolute atomic E-state index is 9.96. The molecule has 3 rings (SSSR count). The van der Waals surface area contributed by atoms with Gasteiger partial charge in [-0.3, -0.25) is 0 Å². The summed E-state index contributed by atoms with van der Waals surface area (Å²) >= 11 is 3.41. The van der Waals surface area contributed by atoms with Crippen LogP contribution in [0.4, 0.5) is 0 Å². The Labute approximate surface area is 101 Å². The Morgan fingerprint density at radius 3 is 2.81 bits per heavy atom. The lowest BCUT2D eigenvalue weighted by molar-refractivity contribution is -0.481. The third kappa shape index (κ3) is 1.36. The van der Waals surface area contributed by atoms with Gasteiger partial charge in [0.05, 0.1) is 11.5 Å². The number of halogens is 1. The summed E-state index contributed by atoms with van der Waals surface area (Å²) in [7, 11) is 0. The zero-order valence-corrected chi connectivity index (χ0v) is 9.98. The van der Waals surface area contributed by atoms with Crippen molar-refractivity contribution in [3.05, 3.63) is 53.1 Å². The lowest BCUT2D eigenvalue weighted by Crippen LogP contribution is -2.21. The molecule has 3 heteroatoms. The van der Waals surface area contributed by atoms with E-state index in [4.69, 9.17) is 0 Å². The van der Waals surface area contributed by atoms with Gasteiger partial charge in [-0.25, -0.2) is 0 Å². The third-order valence-corrected chi connectivity index (χ3v) is 3.16. The quantitative estimate of drug-likeness (QED) is 0.495. The van der Waals surface area contributed by atoms with Crippen molar-refractivity contribution in [3.63, 3.8) is 0 Å². The molecular weight excluding hydrogens is 266 g/mol. The van der Waals surface area contributed by atoms with Crippen molar-refractivity contribution >= 4 is 32.3 Å². The normalized spacial score (nSPS) is 11.1. The van der Waals surface area contributed by atoms with E-state index in [-0.39, 0.29) is 0 Å². The van der Waals surface area contributed by atoms with Crippen LogP contribution < -0.4 is 4.40 Å². The molecule has 2 heterocycles. The molecule has 0 saturated heterocycles. The monoisotopic (exact) mass is 274 g/mol. The Morgan fingerprint density at radius 1 is 1.06 bits per heavy atom. The number of aromatic hydroxyl groups is 1. The summed E-state index contributed by atoms with van der Waals surface area (Å²) in [6.45, 7) is 0. The lowest BCUT2D eigenvalue weighted by Gasteiger charge is -2.00. The van der Waals surface area contributed by atoms with Crippen LogP contribution in [0, 0.1) is 0 Å². The summed E-state index contributed by atoms with van der Waals surface area (Å²) in [4.78, 5) is 0. The molecule has 0 amide bonds. The van der Waals surface area contributed by atoms with Gasteiger partial charge in [-0.05, 0) is 18.2 Å². The molecule has 0 atom stereocenters. The van der Waals surface area contributed by atoms with Crippen molar-refractivity contribution in [3.8, 4) is 5.75 Å². The predicted octanol–water partition coefficient (Wildman–Crippen LogP) is 3.05. The zero-order chi connectivity index (χ0) is 11.1. The summed E-state index contributed by atoms with van der Waals surface area (Å²) in [5, 5.41) is 10.8. The van der Waals surface area contributed by atoms with Crippen LogP contribution in [0.2, 0.25) is 0 Å². The van der Waals surface area contributed by atoms with Crippen molar-refractivity contribution in [1.29, 1.82) is 0 Å². The predicted molar refractivity (Wildman–Crippen MR) is 66.5 cm³/mol. The van der Waals surface area contributed by atoms with Gasteiger partial charge >= 0.3 is 0 Å². The van der Waals surface area contributed by atoms with Crippen molar-refractivity contribution in [1.82, 2.24) is 0 Å². The van der Waals surface area contributed by atoms with Crippen LogP contribution in [-0.4, -0.2) is 5.11 Å². The SMILES string of the molecule is Oc1cc2cccc[n+]2c2ccc(Br)cc12. The number of nitrogens with zero attached hydrogens (tertiary/aromatic N) is 1. The largest absolute Gasteiger partial charge is 0.507 e. The highest BCUT2D eigenvalue weighted by atomic mass is 79.9. The molecular formula is C13H9BrNO+. The maximum Gasteiger partial charge on any atom is 0.222 e. The van der Waals surface area contributed by atoms with Crippen molar-refractivity contribution in [2.75, 3.05) is 0 Å². The highest BCUT2D eigenvalue weighted by Crippen LogP contribution is 2.26. The molecule has 78 valence electrons. The zero-order valence-electron chi connectivity index (χ0n) is 8.39. The first kappa shape index (κ1) is 9.60. The van der Waals surface area contributed by atoms with Crippen LogP contribution in [-0.2, 0) is 0 Å². The first-order valence-electron chi connectivity index (χ1n) is 4.97. The first-order valence-corrected chi connectivity index (χ1v) is 5.77. The number of rotatable bonds is 0. The number of fused-ring (bicyclic) bond motifs is 3. The van der Waals surface area contributed by atoms with E-state index in [2.05, 4.69) is 20.3 Å². The maximum atomic E-state index is 9.96. The lowest BCUT2D eigenvalue weighted by atomic mass is 10.2. The average Bonchev–Trinajstić information content (AvgIpc) is 2.29. The van der Waals surface area contributed by atoms with Gasteiger partial charge in [0, 0.05) is 22.7 Å². The minimum absolute atomic E-state index is 0.308. The van der Waals surface area contributed by atoms with Crippen LogP contribution in [0.3, 0.4) is 0 Å². The molecule has 16 heavy (non-hydrogen) atoms. The number of pyridine rings is 2. The molecule has 0 bridgehead atoms. The Kier molecular flexibility index (Phi) is 2.07. The van der Waals surface area contributed by atoms with Crippen LogP contribution in [0.15, 0.2) is 53.1 Å². The van der Waals surface area contributed by atoms with Gasteiger partial charge in [0.1, 0.15) is 5.75 Å². The number of hydrogen-bond acceptors (Lipinski definition) is 1. The van der Waals surface area contributed by atoms with E-state index < -0.39 is 0 Å². The Bertz CT molecular complexity index is 694.